The van der Waals surface area contributed by atoms with Gasteiger partial charge in [0.15, 0.2) is 0 Å². The lowest BCUT2D eigenvalue weighted by molar-refractivity contribution is -0.0547. The molecule has 2 aliphatic carbocycles. The summed E-state index contributed by atoms with van der Waals surface area (Å²) >= 11 is 1.44. The molecule has 2 aliphatic rings. The van der Waals surface area contributed by atoms with Crippen molar-refractivity contribution >= 4 is 11.3 Å². The molecule has 1 atom stereocenters. The molecular weight excluding hydrogens is 228 g/mol. The van der Waals surface area contributed by atoms with E-state index in [1.807, 2.05) is 5.38 Å². The fraction of sp³-hybridized carbons (Fsp3) is 0.750. The Balaban J connectivity index is 1.83. The number of nitrogens with zero attached hydrogens (tertiary/aromatic N) is 1. The molecule has 88 valence electrons. The Labute approximate surface area is 97.9 Å². The van der Waals surface area contributed by atoms with Crippen molar-refractivity contribution in [2.24, 2.45) is 0 Å². The monoisotopic (exact) mass is 243 g/mol. The van der Waals surface area contributed by atoms with E-state index in [0.717, 1.165) is 12.1 Å². The Morgan fingerprint density at radius 3 is 2.75 bits per heavy atom. The zero-order chi connectivity index (χ0) is 11.2. The van der Waals surface area contributed by atoms with Crippen molar-refractivity contribution in [3.63, 3.8) is 0 Å². The van der Waals surface area contributed by atoms with Crippen LogP contribution in [0, 0.1) is 0 Å². The predicted molar refractivity (Wildman–Crippen MR) is 60.2 cm³/mol. The molecule has 0 N–H and O–H groups in total. The number of thiazole rings is 1. The van der Waals surface area contributed by atoms with Gasteiger partial charge in [0, 0.05) is 17.7 Å². The van der Waals surface area contributed by atoms with Crippen LogP contribution < -0.4 is 0 Å². The van der Waals surface area contributed by atoms with Gasteiger partial charge in [0.1, 0.15) is 5.01 Å². The molecule has 1 nitrogen and oxygen atoms in total. The Morgan fingerprint density at radius 1 is 1.25 bits per heavy atom. The molecule has 1 heterocycles. The zero-order valence-corrected chi connectivity index (χ0v) is 9.90. The number of hydrogen-bond acceptors (Lipinski definition) is 2. The minimum atomic E-state index is -2.53. The molecule has 1 unspecified atom stereocenters. The van der Waals surface area contributed by atoms with E-state index in [9.17, 15) is 8.78 Å². The highest BCUT2D eigenvalue weighted by Crippen LogP contribution is 2.47. The van der Waals surface area contributed by atoms with Gasteiger partial charge >= 0.3 is 0 Å². The standard InChI is InChI=1S/C12H15F2NS/c13-12(14)6-2-1-3-9(12)11-15-10(7-16-11)8-4-5-8/h7-9H,1-6H2. The predicted octanol–water partition coefficient (Wildman–Crippen LogP) is 4.31. The number of halogens is 2. The lowest BCUT2D eigenvalue weighted by atomic mass is 9.86. The topological polar surface area (TPSA) is 12.9 Å². The maximum atomic E-state index is 13.7. The van der Waals surface area contributed by atoms with Gasteiger partial charge in [-0.1, -0.05) is 6.42 Å². The summed E-state index contributed by atoms with van der Waals surface area (Å²) < 4.78 is 27.5. The first-order chi connectivity index (χ1) is 7.67. The van der Waals surface area contributed by atoms with Crippen LogP contribution in [0.5, 0.6) is 0 Å². The van der Waals surface area contributed by atoms with E-state index in [-0.39, 0.29) is 6.42 Å². The minimum Gasteiger partial charge on any atom is -0.245 e. The van der Waals surface area contributed by atoms with Crippen molar-refractivity contribution < 1.29 is 8.78 Å². The molecule has 4 heteroatoms. The van der Waals surface area contributed by atoms with E-state index >= 15 is 0 Å². The molecular formula is C12H15F2NS. The summed E-state index contributed by atoms with van der Waals surface area (Å²) in [5.74, 6) is -2.57. The fourth-order valence-corrected chi connectivity index (χ4v) is 3.53. The summed E-state index contributed by atoms with van der Waals surface area (Å²) in [5.41, 5.74) is 1.06. The number of aromatic nitrogens is 1. The molecule has 0 amide bonds. The van der Waals surface area contributed by atoms with Crippen LogP contribution in [0.25, 0.3) is 0 Å². The third-order valence-corrected chi connectivity index (χ3v) is 4.57. The number of rotatable bonds is 2. The molecule has 0 aromatic carbocycles. The summed E-state index contributed by atoms with van der Waals surface area (Å²) in [5, 5.41) is 2.66. The van der Waals surface area contributed by atoms with Gasteiger partial charge in [-0.2, -0.15) is 0 Å². The average Bonchev–Trinajstić information content (AvgIpc) is 2.98. The van der Waals surface area contributed by atoms with E-state index < -0.39 is 11.8 Å². The van der Waals surface area contributed by atoms with Gasteiger partial charge in [-0.05, 0) is 25.7 Å². The summed E-state index contributed by atoms with van der Waals surface area (Å²) in [7, 11) is 0. The van der Waals surface area contributed by atoms with Crippen molar-refractivity contribution in [1.82, 2.24) is 4.98 Å². The lowest BCUT2D eigenvalue weighted by Crippen LogP contribution is -2.29. The van der Waals surface area contributed by atoms with Crippen molar-refractivity contribution in [3.8, 4) is 0 Å². The Hall–Kier alpha value is -0.510. The summed E-state index contributed by atoms with van der Waals surface area (Å²) in [4.78, 5) is 4.43. The van der Waals surface area contributed by atoms with Gasteiger partial charge in [0.05, 0.1) is 11.6 Å². The minimum absolute atomic E-state index is 0.0377. The number of hydrogen-bond donors (Lipinski definition) is 0. The van der Waals surface area contributed by atoms with Crippen molar-refractivity contribution in [2.45, 2.75) is 56.3 Å². The highest BCUT2D eigenvalue weighted by Gasteiger charge is 2.44. The third-order valence-electron chi connectivity index (χ3n) is 3.60. The molecule has 1 aromatic rings. The number of alkyl halides is 2. The van der Waals surface area contributed by atoms with Crippen LogP contribution in [0.3, 0.4) is 0 Å². The quantitative estimate of drug-likeness (QED) is 0.754. The van der Waals surface area contributed by atoms with Crippen molar-refractivity contribution in [1.29, 1.82) is 0 Å². The molecule has 0 radical (unpaired) electrons. The second kappa shape index (κ2) is 3.76. The Morgan fingerprint density at radius 2 is 2.06 bits per heavy atom. The van der Waals surface area contributed by atoms with E-state index in [0.29, 0.717) is 23.8 Å². The van der Waals surface area contributed by atoms with E-state index in [4.69, 9.17) is 0 Å². The van der Waals surface area contributed by atoms with Crippen LogP contribution in [0.1, 0.15) is 61.1 Å². The van der Waals surface area contributed by atoms with Crippen LogP contribution >= 0.6 is 11.3 Å². The molecule has 2 fully saturated rings. The molecule has 0 saturated heterocycles. The van der Waals surface area contributed by atoms with Crippen LogP contribution in [-0.2, 0) is 0 Å². The van der Waals surface area contributed by atoms with Gasteiger partial charge in [-0.3, -0.25) is 0 Å². The van der Waals surface area contributed by atoms with Gasteiger partial charge in [0.2, 0.25) is 0 Å². The Kier molecular flexibility index (Phi) is 2.50. The first kappa shape index (κ1) is 10.6. The maximum absolute atomic E-state index is 13.7. The second-order valence-electron chi connectivity index (χ2n) is 4.94. The third kappa shape index (κ3) is 1.88. The smallest absolute Gasteiger partial charge is 0.245 e. The highest BCUT2D eigenvalue weighted by atomic mass is 32.1. The SMILES string of the molecule is FC1(F)CCCCC1c1nc(C2CC2)cs1. The molecule has 0 aliphatic heterocycles. The zero-order valence-electron chi connectivity index (χ0n) is 9.09. The normalized spacial score (nSPS) is 29.2. The first-order valence-corrected chi connectivity index (χ1v) is 6.88. The molecule has 0 spiro atoms. The van der Waals surface area contributed by atoms with Crippen LogP contribution in [0.15, 0.2) is 5.38 Å². The van der Waals surface area contributed by atoms with Gasteiger partial charge in [-0.15, -0.1) is 11.3 Å². The molecule has 16 heavy (non-hydrogen) atoms. The van der Waals surface area contributed by atoms with Crippen LogP contribution in [0.4, 0.5) is 8.78 Å². The fourth-order valence-electron chi connectivity index (χ4n) is 2.43. The summed E-state index contributed by atoms with van der Waals surface area (Å²) in [6, 6.07) is 0. The van der Waals surface area contributed by atoms with Crippen molar-refractivity contribution in [2.75, 3.05) is 0 Å². The largest absolute Gasteiger partial charge is 0.257 e. The molecule has 3 rings (SSSR count). The van der Waals surface area contributed by atoms with E-state index in [1.54, 1.807) is 0 Å². The summed E-state index contributed by atoms with van der Waals surface area (Å²) in [6.45, 7) is 0. The molecule has 2 saturated carbocycles. The van der Waals surface area contributed by atoms with Gasteiger partial charge < -0.3 is 0 Å². The van der Waals surface area contributed by atoms with Crippen LogP contribution in [-0.4, -0.2) is 10.9 Å². The molecule has 0 bridgehead atoms. The van der Waals surface area contributed by atoms with E-state index in [2.05, 4.69) is 4.98 Å². The average molecular weight is 243 g/mol. The Bertz CT molecular complexity index is 384. The van der Waals surface area contributed by atoms with E-state index in [1.165, 1.54) is 24.2 Å². The van der Waals surface area contributed by atoms with Crippen LogP contribution in [0.2, 0.25) is 0 Å². The van der Waals surface area contributed by atoms with Crippen molar-refractivity contribution in [3.05, 3.63) is 16.1 Å². The lowest BCUT2D eigenvalue weighted by Gasteiger charge is -2.29. The summed E-state index contributed by atoms with van der Waals surface area (Å²) in [6.07, 6.45) is 4.58. The maximum Gasteiger partial charge on any atom is 0.257 e. The molecule has 1 aromatic heterocycles. The first-order valence-electron chi connectivity index (χ1n) is 6.00. The highest BCUT2D eigenvalue weighted by molar-refractivity contribution is 7.09. The van der Waals surface area contributed by atoms with Gasteiger partial charge in [0.25, 0.3) is 5.92 Å². The van der Waals surface area contributed by atoms with Gasteiger partial charge in [-0.25, -0.2) is 13.8 Å². The second-order valence-corrected chi connectivity index (χ2v) is 5.83.